The Morgan fingerprint density at radius 1 is 1.11 bits per heavy atom. The third kappa shape index (κ3) is 6.14. The number of likely N-dealkylation sites (N-methyl/N-ethyl adjacent to an activating group) is 1. The Morgan fingerprint density at radius 2 is 1.79 bits per heavy atom. The number of nitrogens with one attached hydrogen (secondary N) is 1. The topological polar surface area (TPSA) is 58.6 Å². The normalized spacial score (nSPS) is 11.6. The van der Waals surface area contributed by atoms with Gasteiger partial charge in [-0.2, -0.15) is 0 Å². The van der Waals surface area contributed by atoms with Crippen molar-refractivity contribution in [1.82, 2.24) is 10.2 Å². The second kappa shape index (κ2) is 10.3. The summed E-state index contributed by atoms with van der Waals surface area (Å²) in [7, 11) is 0. The number of carbonyl (C=O) groups is 2. The van der Waals surface area contributed by atoms with Crippen LogP contribution in [0.3, 0.4) is 0 Å². The highest BCUT2D eigenvalue weighted by molar-refractivity contribution is 6.42. The lowest BCUT2D eigenvalue weighted by molar-refractivity contribution is -0.142. The summed E-state index contributed by atoms with van der Waals surface area (Å²) in [5.74, 6) is 0.0655. The van der Waals surface area contributed by atoms with Gasteiger partial charge in [-0.25, -0.2) is 0 Å². The number of nitrogens with zero attached hydrogens (tertiary/aromatic N) is 1. The predicted molar refractivity (Wildman–Crippen MR) is 112 cm³/mol. The molecular weight excluding hydrogens is 399 g/mol. The van der Waals surface area contributed by atoms with Crippen molar-refractivity contribution in [2.24, 2.45) is 0 Å². The van der Waals surface area contributed by atoms with E-state index in [1.165, 1.54) is 4.90 Å². The van der Waals surface area contributed by atoms with Crippen LogP contribution in [-0.4, -0.2) is 35.9 Å². The molecule has 0 heterocycles. The van der Waals surface area contributed by atoms with Crippen molar-refractivity contribution in [2.45, 2.75) is 33.4 Å². The van der Waals surface area contributed by atoms with Gasteiger partial charge in [0.1, 0.15) is 11.8 Å². The molecule has 0 bridgehead atoms. The molecule has 2 rings (SSSR count). The minimum Gasteiger partial charge on any atom is -0.484 e. The van der Waals surface area contributed by atoms with Gasteiger partial charge in [0, 0.05) is 13.1 Å². The molecular formula is C21H24Cl2N2O3. The first-order chi connectivity index (χ1) is 13.3. The lowest BCUT2D eigenvalue weighted by Crippen LogP contribution is -2.49. The number of hydrogen-bond acceptors (Lipinski definition) is 3. The maximum absolute atomic E-state index is 12.9. The van der Waals surface area contributed by atoms with Crippen LogP contribution in [0.15, 0.2) is 42.5 Å². The predicted octanol–water partition coefficient (Wildman–Crippen LogP) is 4.23. The Hall–Kier alpha value is -2.24. The summed E-state index contributed by atoms with van der Waals surface area (Å²) in [6.07, 6.45) is 0. The average molecular weight is 423 g/mol. The van der Waals surface area contributed by atoms with E-state index in [0.717, 1.165) is 11.1 Å². The SMILES string of the molecule is CCNC(=O)C(C)N(Cc1ccc(Cl)c(Cl)c1)C(=O)COc1ccc(C)cc1. The zero-order valence-corrected chi connectivity index (χ0v) is 17.7. The van der Waals surface area contributed by atoms with Crippen molar-refractivity contribution in [3.8, 4) is 5.75 Å². The monoisotopic (exact) mass is 422 g/mol. The number of aryl methyl sites for hydroxylation is 1. The highest BCUT2D eigenvalue weighted by Gasteiger charge is 2.26. The fourth-order valence-corrected chi connectivity index (χ4v) is 2.92. The van der Waals surface area contributed by atoms with Crippen molar-refractivity contribution in [2.75, 3.05) is 13.2 Å². The van der Waals surface area contributed by atoms with Crippen LogP contribution in [-0.2, 0) is 16.1 Å². The Morgan fingerprint density at radius 3 is 2.39 bits per heavy atom. The van der Waals surface area contributed by atoms with Crippen LogP contribution >= 0.6 is 23.2 Å². The van der Waals surface area contributed by atoms with E-state index < -0.39 is 6.04 Å². The number of halogens is 2. The number of amides is 2. The number of carbonyl (C=O) groups excluding carboxylic acids is 2. The third-order valence-corrected chi connectivity index (χ3v) is 4.98. The zero-order valence-electron chi connectivity index (χ0n) is 16.2. The number of ether oxygens (including phenoxy) is 1. The molecule has 5 nitrogen and oxygen atoms in total. The minimum atomic E-state index is -0.663. The largest absolute Gasteiger partial charge is 0.484 e. The van der Waals surface area contributed by atoms with Crippen LogP contribution in [0.1, 0.15) is 25.0 Å². The molecule has 0 spiro atoms. The van der Waals surface area contributed by atoms with Crippen molar-refractivity contribution < 1.29 is 14.3 Å². The van der Waals surface area contributed by atoms with Gasteiger partial charge < -0.3 is 15.0 Å². The van der Waals surface area contributed by atoms with Crippen LogP contribution in [0.2, 0.25) is 10.0 Å². The first-order valence-electron chi connectivity index (χ1n) is 9.02. The standard InChI is InChI=1S/C21H24Cl2N2O3/c1-4-24-21(27)15(3)25(12-16-7-10-18(22)19(23)11-16)20(26)13-28-17-8-5-14(2)6-9-17/h5-11,15H,4,12-13H2,1-3H3,(H,24,27). The molecule has 28 heavy (non-hydrogen) atoms. The second-order valence-corrected chi connectivity index (χ2v) is 7.26. The Labute approximate surface area is 175 Å². The molecule has 2 aromatic carbocycles. The van der Waals surface area contributed by atoms with E-state index in [9.17, 15) is 9.59 Å². The molecule has 0 saturated heterocycles. The summed E-state index contributed by atoms with van der Waals surface area (Å²) >= 11 is 12.0. The quantitative estimate of drug-likeness (QED) is 0.691. The van der Waals surface area contributed by atoms with Gasteiger partial charge in [-0.05, 0) is 50.6 Å². The molecule has 2 aromatic rings. The van der Waals surface area contributed by atoms with Crippen LogP contribution in [0.25, 0.3) is 0 Å². The molecule has 0 aliphatic carbocycles. The van der Waals surface area contributed by atoms with Crippen LogP contribution in [0.4, 0.5) is 0 Å². The Kier molecular flexibility index (Phi) is 8.15. The van der Waals surface area contributed by atoms with E-state index in [1.807, 2.05) is 26.0 Å². The Balaban J connectivity index is 2.15. The molecule has 1 N–H and O–H groups in total. The van der Waals surface area contributed by atoms with E-state index >= 15 is 0 Å². The molecule has 0 aliphatic heterocycles. The third-order valence-electron chi connectivity index (χ3n) is 4.24. The number of rotatable bonds is 8. The smallest absolute Gasteiger partial charge is 0.261 e. The van der Waals surface area contributed by atoms with Crippen LogP contribution in [0, 0.1) is 6.92 Å². The van der Waals surface area contributed by atoms with Gasteiger partial charge in [0.15, 0.2) is 6.61 Å². The summed E-state index contributed by atoms with van der Waals surface area (Å²) in [5, 5.41) is 3.58. The fraction of sp³-hybridized carbons (Fsp3) is 0.333. The van der Waals surface area contributed by atoms with Gasteiger partial charge in [-0.1, -0.05) is 47.0 Å². The van der Waals surface area contributed by atoms with Crippen LogP contribution < -0.4 is 10.1 Å². The van der Waals surface area contributed by atoms with E-state index in [0.29, 0.717) is 22.3 Å². The van der Waals surface area contributed by atoms with Crippen molar-refractivity contribution in [1.29, 1.82) is 0 Å². The summed E-state index contributed by atoms with van der Waals surface area (Å²) in [6.45, 7) is 6.02. The summed E-state index contributed by atoms with van der Waals surface area (Å²) < 4.78 is 5.60. The molecule has 1 unspecified atom stereocenters. The van der Waals surface area contributed by atoms with Crippen molar-refractivity contribution in [3.63, 3.8) is 0 Å². The van der Waals surface area contributed by atoms with Gasteiger partial charge >= 0.3 is 0 Å². The average Bonchev–Trinajstić information content (AvgIpc) is 2.67. The fourth-order valence-electron chi connectivity index (χ4n) is 2.60. The zero-order chi connectivity index (χ0) is 20.7. The molecule has 0 fully saturated rings. The summed E-state index contributed by atoms with van der Waals surface area (Å²) in [5.41, 5.74) is 1.87. The van der Waals surface area contributed by atoms with Gasteiger partial charge in [0.2, 0.25) is 5.91 Å². The molecule has 0 aromatic heterocycles. The summed E-state index contributed by atoms with van der Waals surface area (Å²) in [4.78, 5) is 26.6. The summed E-state index contributed by atoms with van der Waals surface area (Å²) in [6, 6.07) is 11.9. The van der Waals surface area contributed by atoms with Gasteiger partial charge in [-0.15, -0.1) is 0 Å². The molecule has 0 aliphatic rings. The van der Waals surface area contributed by atoms with E-state index in [2.05, 4.69) is 5.32 Å². The molecule has 150 valence electrons. The van der Waals surface area contributed by atoms with E-state index in [1.54, 1.807) is 37.3 Å². The lowest BCUT2D eigenvalue weighted by Gasteiger charge is -2.28. The van der Waals surface area contributed by atoms with Gasteiger partial charge in [0.25, 0.3) is 5.91 Å². The van der Waals surface area contributed by atoms with E-state index in [4.69, 9.17) is 27.9 Å². The Bertz CT molecular complexity index is 825. The molecule has 0 radical (unpaired) electrons. The maximum Gasteiger partial charge on any atom is 0.261 e. The first kappa shape index (κ1) is 22.1. The number of benzene rings is 2. The maximum atomic E-state index is 12.9. The van der Waals surface area contributed by atoms with Crippen LogP contribution in [0.5, 0.6) is 5.75 Å². The van der Waals surface area contributed by atoms with Crippen molar-refractivity contribution in [3.05, 3.63) is 63.6 Å². The minimum absolute atomic E-state index is 0.172. The number of hydrogen-bond donors (Lipinski definition) is 1. The van der Waals surface area contributed by atoms with Crippen molar-refractivity contribution >= 4 is 35.0 Å². The van der Waals surface area contributed by atoms with Gasteiger partial charge in [0.05, 0.1) is 10.0 Å². The molecule has 1 atom stereocenters. The first-order valence-corrected chi connectivity index (χ1v) is 9.78. The molecule has 0 saturated carbocycles. The van der Waals surface area contributed by atoms with E-state index in [-0.39, 0.29) is 25.0 Å². The molecule has 7 heteroatoms. The highest BCUT2D eigenvalue weighted by atomic mass is 35.5. The molecule has 2 amide bonds. The van der Waals surface area contributed by atoms with Gasteiger partial charge in [-0.3, -0.25) is 9.59 Å². The highest BCUT2D eigenvalue weighted by Crippen LogP contribution is 2.24. The second-order valence-electron chi connectivity index (χ2n) is 6.44. The lowest BCUT2D eigenvalue weighted by atomic mass is 10.1.